The van der Waals surface area contributed by atoms with Crippen LogP contribution in [0.1, 0.15) is 36.5 Å². The van der Waals surface area contributed by atoms with Gasteiger partial charge in [-0.3, -0.25) is 4.79 Å². The SMILES string of the molecule is C=CCNS(=O)(=O)c1cc(C(=O)NCCCCC)ccc1Cl. The molecule has 122 valence electrons. The van der Waals surface area contributed by atoms with E-state index in [4.69, 9.17) is 11.6 Å². The monoisotopic (exact) mass is 344 g/mol. The van der Waals surface area contributed by atoms with E-state index in [9.17, 15) is 13.2 Å². The maximum absolute atomic E-state index is 12.1. The largest absolute Gasteiger partial charge is 0.352 e. The second-order valence-electron chi connectivity index (χ2n) is 4.75. The van der Waals surface area contributed by atoms with Gasteiger partial charge in [0, 0.05) is 18.7 Å². The molecule has 0 bridgehead atoms. The first-order chi connectivity index (χ1) is 10.4. The second kappa shape index (κ2) is 8.92. The van der Waals surface area contributed by atoms with Crippen LogP contribution in [-0.4, -0.2) is 27.4 Å². The summed E-state index contributed by atoms with van der Waals surface area (Å²) in [6, 6.07) is 4.19. The summed E-state index contributed by atoms with van der Waals surface area (Å²) >= 11 is 5.93. The lowest BCUT2D eigenvalue weighted by Crippen LogP contribution is -2.26. The molecule has 0 heterocycles. The van der Waals surface area contributed by atoms with Crippen molar-refractivity contribution in [2.24, 2.45) is 0 Å². The summed E-state index contributed by atoms with van der Waals surface area (Å²) in [5.74, 6) is -0.312. The zero-order valence-electron chi connectivity index (χ0n) is 12.6. The zero-order chi connectivity index (χ0) is 16.6. The molecule has 0 saturated carbocycles. The minimum Gasteiger partial charge on any atom is -0.352 e. The van der Waals surface area contributed by atoms with Gasteiger partial charge in [0.2, 0.25) is 10.0 Å². The first kappa shape index (κ1) is 18.7. The predicted molar refractivity (Wildman–Crippen MR) is 88.7 cm³/mol. The van der Waals surface area contributed by atoms with Gasteiger partial charge in [-0.1, -0.05) is 37.4 Å². The lowest BCUT2D eigenvalue weighted by atomic mass is 10.2. The molecular weight excluding hydrogens is 324 g/mol. The summed E-state index contributed by atoms with van der Waals surface area (Å²) in [6.07, 6.45) is 4.41. The molecule has 0 spiro atoms. The number of rotatable bonds is 9. The molecular formula is C15H21ClN2O3S. The van der Waals surface area contributed by atoms with E-state index in [1.54, 1.807) is 0 Å². The van der Waals surface area contributed by atoms with E-state index in [1.807, 2.05) is 0 Å². The van der Waals surface area contributed by atoms with Gasteiger partial charge in [-0.25, -0.2) is 13.1 Å². The van der Waals surface area contributed by atoms with Gasteiger partial charge in [-0.05, 0) is 24.6 Å². The van der Waals surface area contributed by atoms with Gasteiger partial charge in [0.15, 0.2) is 0 Å². The van der Waals surface area contributed by atoms with Gasteiger partial charge in [0.25, 0.3) is 5.91 Å². The molecule has 0 aliphatic rings. The number of nitrogens with one attached hydrogen (secondary N) is 2. The van der Waals surface area contributed by atoms with Crippen molar-refractivity contribution in [2.45, 2.75) is 31.1 Å². The minimum atomic E-state index is -3.77. The molecule has 1 aromatic carbocycles. The van der Waals surface area contributed by atoms with Crippen LogP contribution < -0.4 is 10.0 Å². The van der Waals surface area contributed by atoms with Crippen molar-refractivity contribution in [2.75, 3.05) is 13.1 Å². The fourth-order valence-corrected chi connectivity index (χ4v) is 3.30. The zero-order valence-corrected chi connectivity index (χ0v) is 14.1. The lowest BCUT2D eigenvalue weighted by Gasteiger charge is -2.10. The van der Waals surface area contributed by atoms with E-state index in [0.717, 1.165) is 19.3 Å². The molecule has 22 heavy (non-hydrogen) atoms. The Morgan fingerprint density at radius 1 is 1.36 bits per heavy atom. The standard InChI is InChI=1S/C15H21ClN2O3S/c1-3-5-6-10-17-15(19)12-7-8-13(16)14(11-12)22(20,21)18-9-4-2/h4,7-8,11,18H,2-3,5-6,9-10H2,1H3,(H,17,19). The minimum absolute atomic E-state index is 0.0686. The molecule has 0 radical (unpaired) electrons. The molecule has 1 rings (SSSR count). The van der Waals surface area contributed by atoms with Gasteiger partial charge in [-0.15, -0.1) is 6.58 Å². The van der Waals surface area contributed by atoms with E-state index in [1.165, 1.54) is 24.3 Å². The molecule has 0 aliphatic heterocycles. The average molecular weight is 345 g/mol. The fourth-order valence-electron chi connectivity index (χ4n) is 1.78. The molecule has 5 nitrogen and oxygen atoms in total. The summed E-state index contributed by atoms with van der Waals surface area (Å²) in [4.78, 5) is 11.9. The first-order valence-electron chi connectivity index (χ1n) is 7.10. The molecule has 7 heteroatoms. The van der Waals surface area contributed by atoms with Crippen molar-refractivity contribution in [3.63, 3.8) is 0 Å². The van der Waals surface area contributed by atoms with Gasteiger partial charge >= 0.3 is 0 Å². The summed E-state index contributed by atoms with van der Waals surface area (Å²) in [7, 11) is -3.77. The first-order valence-corrected chi connectivity index (χ1v) is 8.96. The molecule has 1 aromatic rings. The summed E-state index contributed by atoms with van der Waals surface area (Å²) < 4.78 is 26.6. The van der Waals surface area contributed by atoms with Crippen LogP contribution in [0.15, 0.2) is 35.7 Å². The number of carbonyl (C=O) groups excluding carboxylic acids is 1. The molecule has 2 N–H and O–H groups in total. The highest BCUT2D eigenvalue weighted by atomic mass is 35.5. The van der Waals surface area contributed by atoms with Crippen molar-refractivity contribution >= 4 is 27.5 Å². The molecule has 0 unspecified atom stereocenters. The average Bonchev–Trinajstić information content (AvgIpc) is 2.49. The van der Waals surface area contributed by atoms with Crippen molar-refractivity contribution in [1.82, 2.24) is 10.0 Å². The summed E-state index contributed by atoms with van der Waals surface area (Å²) in [5.41, 5.74) is 0.264. The normalized spacial score (nSPS) is 11.2. The van der Waals surface area contributed by atoms with Crippen LogP contribution in [0.4, 0.5) is 0 Å². The Labute approximate surface area is 136 Å². The predicted octanol–water partition coefficient (Wildman–Crippen LogP) is 2.72. The van der Waals surface area contributed by atoms with Crippen LogP contribution in [0.2, 0.25) is 5.02 Å². The molecule has 1 amide bonds. The van der Waals surface area contributed by atoms with Crippen molar-refractivity contribution < 1.29 is 13.2 Å². The van der Waals surface area contributed by atoms with E-state index < -0.39 is 10.0 Å². The van der Waals surface area contributed by atoms with Gasteiger partial charge in [0.1, 0.15) is 4.90 Å². The number of hydrogen-bond acceptors (Lipinski definition) is 3. The van der Waals surface area contributed by atoms with Crippen LogP contribution in [0, 0.1) is 0 Å². The van der Waals surface area contributed by atoms with Crippen LogP contribution in [0.25, 0.3) is 0 Å². The van der Waals surface area contributed by atoms with Gasteiger partial charge < -0.3 is 5.32 Å². The van der Waals surface area contributed by atoms with Crippen molar-refractivity contribution in [3.05, 3.63) is 41.4 Å². The fraction of sp³-hybridized carbons (Fsp3) is 0.400. The Balaban J connectivity index is 2.89. The second-order valence-corrected chi connectivity index (χ2v) is 6.89. The van der Waals surface area contributed by atoms with E-state index in [2.05, 4.69) is 23.5 Å². The molecule has 0 atom stereocenters. The van der Waals surface area contributed by atoms with E-state index in [0.29, 0.717) is 6.54 Å². The Kier molecular flexibility index (Phi) is 7.58. The highest BCUT2D eigenvalue weighted by molar-refractivity contribution is 7.89. The third-order valence-electron chi connectivity index (χ3n) is 2.97. The van der Waals surface area contributed by atoms with Gasteiger partial charge in [-0.2, -0.15) is 0 Å². The van der Waals surface area contributed by atoms with Crippen LogP contribution in [-0.2, 0) is 10.0 Å². The molecule has 0 aliphatic carbocycles. The Morgan fingerprint density at radius 3 is 2.73 bits per heavy atom. The van der Waals surface area contributed by atoms with Crippen LogP contribution >= 0.6 is 11.6 Å². The van der Waals surface area contributed by atoms with Crippen molar-refractivity contribution in [3.8, 4) is 0 Å². The number of sulfonamides is 1. The summed E-state index contributed by atoms with van der Waals surface area (Å²) in [5, 5.41) is 2.83. The van der Waals surface area contributed by atoms with E-state index >= 15 is 0 Å². The molecule has 0 aromatic heterocycles. The van der Waals surface area contributed by atoms with Crippen molar-refractivity contribution in [1.29, 1.82) is 0 Å². The molecule has 0 fully saturated rings. The maximum Gasteiger partial charge on any atom is 0.251 e. The third kappa shape index (κ3) is 5.44. The number of hydrogen-bond donors (Lipinski definition) is 2. The smallest absolute Gasteiger partial charge is 0.251 e. The Bertz CT molecular complexity index is 630. The number of amides is 1. The summed E-state index contributed by atoms with van der Waals surface area (Å²) in [6.45, 7) is 6.18. The lowest BCUT2D eigenvalue weighted by molar-refractivity contribution is 0.0953. The number of unbranched alkanes of at least 4 members (excludes halogenated alkanes) is 2. The quantitative estimate of drug-likeness (QED) is 0.534. The van der Waals surface area contributed by atoms with Crippen LogP contribution in [0.3, 0.4) is 0 Å². The number of carbonyl (C=O) groups is 1. The Morgan fingerprint density at radius 2 is 2.09 bits per heavy atom. The highest BCUT2D eigenvalue weighted by Gasteiger charge is 2.19. The third-order valence-corrected chi connectivity index (χ3v) is 4.87. The number of halogens is 1. The highest BCUT2D eigenvalue weighted by Crippen LogP contribution is 2.22. The topological polar surface area (TPSA) is 75.3 Å². The Hall–Kier alpha value is -1.37. The van der Waals surface area contributed by atoms with Gasteiger partial charge in [0.05, 0.1) is 5.02 Å². The maximum atomic E-state index is 12.1. The van der Waals surface area contributed by atoms with Crippen LogP contribution in [0.5, 0.6) is 0 Å². The molecule has 0 saturated heterocycles. The number of benzene rings is 1. The van der Waals surface area contributed by atoms with E-state index in [-0.39, 0.29) is 27.9 Å².